The molecule has 1 aromatic heterocycles. The first-order valence-electron chi connectivity index (χ1n) is 12.7. The van der Waals surface area contributed by atoms with E-state index in [1.807, 2.05) is 85.8 Å². The first-order chi connectivity index (χ1) is 19.4. The molecule has 0 N–H and O–H groups in total. The van der Waals surface area contributed by atoms with Gasteiger partial charge in [0.15, 0.2) is 16.3 Å². The van der Waals surface area contributed by atoms with Gasteiger partial charge in [-0.15, -0.1) is 0 Å². The second-order valence-corrected chi connectivity index (χ2v) is 11.3. The number of hydrogen-bond donors (Lipinski definition) is 0. The molecule has 5 rings (SSSR count). The van der Waals surface area contributed by atoms with Crippen LogP contribution < -0.4 is 24.4 Å². The molecule has 4 aromatic rings. The minimum atomic E-state index is -0.652. The molecule has 7 nitrogen and oxygen atoms in total. The van der Waals surface area contributed by atoms with Gasteiger partial charge in [0.1, 0.15) is 6.61 Å². The van der Waals surface area contributed by atoms with Crippen molar-refractivity contribution in [2.45, 2.75) is 26.0 Å². The van der Waals surface area contributed by atoms with Crippen LogP contribution in [-0.2, 0) is 16.1 Å². The van der Waals surface area contributed by atoms with Crippen molar-refractivity contribution in [1.82, 2.24) is 4.57 Å². The fraction of sp³-hybridized carbons (Fsp3) is 0.194. The number of benzene rings is 3. The summed E-state index contributed by atoms with van der Waals surface area (Å²) >= 11 is 3.50. The van der Waals surface area contributed by atoms with Crippen molar-refractivity contribution in [1.29, 1.82) is 0 Å². The predicted octanol–water partition coefficient (Wildman–Crippen LogP) is 4.99. The summed E-state index contributed by atoms with van der Waals surface area (Å²) in [6, 6.07) is 22.5. The van der Waals surface area contributed by atoms with Crippen molar-refractivity contribution < 1.29 is 19.0 Å². The predicted molar refractivity (Wildman–Crippen MR) is 163 cm³/mol. The number of carbonyl (C=O) groups excluding carboxylic acids is 1. The number of thiazole rings is 1. The summed E-state index contributed by atoms with van der Waals surface area (Å²) in [5, 5.41) is 0. The molecule has 1 atom stereocenters. The van der Waals surface area contributed by atoms with E-state index >= 15 is 0 Å². The monoisotopic (exact) mass is 666 g/mol. The molecule has 0 spiro atoms. The summed E-state index contributed by atoms with van der Waals surface area (Å²) in [5.41, 5.74) is 3.26. The second-order valence-electron chi connectivity index (χ2n) is 9.00. The first kappa shape index (κ1) is 27.9. The lowest BCUT2D eigenvalue weighted by atomic mass is 9.95. The van der Waals surface area contributed by atoms with E-state index in [4.69, 9.17) is 19.2 Å². The van der Waals surface area contributed by atoms with Crippen molar-refractivity contribution in [3.63, 3.8) is 0 Å². The van der Waals surface area contributed by atoms with Crippen LogP contribution in [0.1, 0.15) is 36.1 Å². The molecule has 0 aliphatic carbocycles. The Morgan fingerprint density at radius 1 is 1.07 bits per heavy atom. The summed E-state index contributed by atoms with van der Waals surface area (Å²) in [7, 11) is 2.94. The molecule has 3 aromatic carbocycles. The highest BCUT2D eigenvalue weighted by Gasteiger charge is 2.33. The van der Waals surface area contributed by atoms with E-state index in [-0.39, 0.29) is 5.56 Å². The maximum Gasteiger partial charge on any atom is 0.338 e. The van der Waals surface area contributed by atoms with Crippen LogP contribution in [0.4, 0.5) is 0 Å². The second kappa shape index (κ2) is 12.2. The molecule has 40 heavy (non-hydrogen) atoms. The summed E-state index contributed by atoms with van der Waals surface area (Å²) in [4.78, 5) is 32.3. The van der Waals surface area contributed by atoms with Crippen molar-refractivity contribution >= 4 is 46.0 Å². The lowest BCUT2D eigenvalue weighted by molar-refractivity contribution is -0.136. The number of halogens is 1. The number of nitrogens with zero attached hydrogens (tertiary/aromatic N) is 2. The first-order valence-corrected chi connectivity index (χ1v) is 14.6. The van der Waals surface area contributed by atoms with Crippen LogP contribution in [0.2, 0.25) is 0 Å². The van der Waals surface area contributed by atoms with Crippen LogP contribution in [0.3, 0.4) is 0 Å². The van der Waals surface area contributed by atoms with E-state index in [0.717, 1.165) is 14.7 Å². The third-order valence-corrected chi connectivity index (χ3v) is 8.15. The summed E-state index contributed by atoms with van der Waals surface area (Å²) in [6.07, 6.45) is 2.33. The molecule has 0 radical (unpaired) electrons. The Bertz CT molecular complexity index is 1760. The van der Waals surface area contributed by atoms with Gasteiger partial charge in [0.05, 0.1) is 36.1 Å². The third kappa shape index (κ3) is 5.48. The molecule has 9 heteroatoms. The van der Waals surface area contributed by atoms with Crippen LogP contribution in [0.5, 0.6) is 11.5 Å². The minimum Gasteiger partial charge on any atom is -0.493 e. The zero-order chi connectivity index (χ0) is 28.2. The fourth-order valence-corrected chi connectivity index (χ4v) is 6.32. The maximum atomic E-state index is 14.0. The Balaban J connectivity index is 1.69. The highest BCUT2D eigenvalue weighted by molar-refractivity contribution is 14.1. The Hall–Kier alpha value is -3.70. The third-order valence-electron chi connectivity index (χ3n) is 6.55. The molecule has 0 saturated carbocycles. The number of fused-ring (bicyclic) bond motifs is 1. The number of methoxy groups -OCH3 is 2. The normalized spacial score (nSPS) is 14.9. The van der Waals surface area contributed by atoms with Crippen molar-refractivity contribution in [3.8, 4) is 11.5 Å². The molecule has 1 aliphatic rings. The molecule has 0 fully saturated rings. The number of hydrogen-bond acceptors (Lipinski definition) is 7. The van der Waals surface area contributed by atoms with Crippen LogP contribution in [-0.4, -0.2) is 24.8 Å². The van der Waals surface area contributed by atoms with Crippen molar-refractivity contribution in [3.05, 3.63) is 124 Å². The number of ether oxygens (including phenoxy) is 3. The van der Waals surface area contributed by atoms with E-state index in [1.165, 1.54) is 18.4 Å². The zero-order valence-corrected chi connectivity index (χ0v) is 25.2. The van der Waals surface area contributed by atoms with Gasteiger partial charge in [-0.05, 0) is 58.3 Å². The van der Waals surface area contributed by atoms with E-state index < -0.39 is 12.0 Å². The maximum absolute atomic E-state index is 14.0. The van der Waals surface area contributed by atoms with Crippen LogP contribution >= 0.6 is 33.9 Å². The average molecular weight is 667 g/mol. The number of esters is 1. The van der Waals surface area contributed by atoms with Gasteiger partial charge in [-0.2, -0.15) is 0 Å². The minimum absolute atomic E-state index is 0.249. The fourth-order valence-electron chi connectivity index (χ4n) is 4.69. The SMILES string of the molecule is CCC1=C(C(=O)OC)[C@H](c2ccccc2)n2c(s/c(=C/c3cc(I)cc(OC)c3OCc3ccccc3)c2=O)=N1. The molecule has 2 heterocycles. The molecular weight excluding hydrogens is 639 g/mol. The summed E-state index contributed by atoms with van der Waals surface area (Å²) in [6.45, 7) is 2.28. The number of aromatic nitrogens is 1. The number of rotatable bonds is 8. The molecule has 0 bridgehead atoms. The highest BCUT2D eigenvalue weighted by atomic mass is 127. The number of allylic oxidation sites excluding steroid dienone is 1. The molecule has 0 saturated heterocycles. The zero-order valence-electron chi connectivity index (χ0n) is 22.2. The van der Waals surface area contributed by atoms with Gasteiger partial charge in [0.25, 0.3) is 5.56 Å². The van der Waals surface area contributed by atoms with Gasteiger partial charge in [0.2, 0.25) is 0 Å². The smallest absolute Gasteiger partial charge is 0.338 e. The summed E-state index contributed by atoms with van der Waals surface area (Å²) in [5.74, 6) is 0.620. The quantitative estimate of drug-likeness (QED) is 0.196. The summed E-state index contributed by atoms with van der Waals surface area (Å²) < 4.78 is 20.0. The molecular formula is C31H27IN2O5S. The molecule has 0 amide bonds. The van der Waals surface area contributed by atoms with Gasteiger partial charge in [0, 0.05) is 9.13 Å². The van der Waals surface area contributed by atoms with Gasteiger partial charge >= 0.3 is 5.97 Å². The lowest BCUT2D eigenvalue weighted by Gasteiger charge is -2.25. The largest absolute Gasteiger partial charge is 0.493 e. The van der Waals surface area contributed by atoms with Crippen LogP contribution in [0, 0.1) is 3.57 Å². The van der Waals surface area contributed by atoms with E-state index in [1.54, 1.807) is 11.7 Å². The van der Waals surface area contributed by atoms with Gasteiger partial charge in [-0.3, -0.25) is 9.36 Å². The van der Waals surface area contributed by atoms with E-state index in [0.29, 0.717) is 50.7 Å². The molecule has 204 valence electrons. The Morgan fingerprint density at radius 3 is 2.42 bits per heavy atom. The lowest BCUT2D eigenvalue weighted by Crippen LogP contribution is -2.40. The number of carbonyl (C=O) groups is 1. The Labute approximate surface area is 249 Å². The van der Waals surface area contributed by atoms with Crippen LogP contribution in [0.15, 0.2) is 93.9 Å². The van der Waals surface area contributed by atoms with Crippen molar-refractivity contribution in [2.24, 2.45) is 4.99 Å². The average Bonchev–Trinajstić information content (AvgIpc) is 3.29. The highest BCUT2D eigenvalue weighted by Crippen LogP contribution is 2.35. The van der Waals surface area contributed by atoms with Gasteiger partial charge in [-0.1, -0.05) is 78.9 Å². The Morgan fingerprint density at radius 2 is 1.77 bits per heavy atom. The van der Waals surface area contributed by atoms with Crippen LogP contribution in [0.25, 0.3) is 6.08 Å². The van der Waals surface area contributed by atoms with Gasteiger partial charge in [-0.25, -0.2) is 9.79 Å². The topological polar surface area (TPSA) is 79.1 Å². The Kier molecular flexibility index (Phi) is 8.51. The van der Waals surface area contributed by atoms with Crippen molar-refractivity contribution in [2.75, 3.05) is 14.2 Å². The molecule has 1 aliphatic heterocycles. The standard InChI is InChI=1S/C31H27IN2O5S/c1-4-23-26(30(36)38-3)27(20-13-9-6-10-14-20)34-29(35)25(40-31(34)33-23)16-21-15-22(32)17-24(37-2)28(21)39-18-19-11-7-5-8-12-19/h5-17,27H,4,18H2,1-3H3/b25-16+/t27-/m0/s1. The van der Waals surface area contributed by atoms with E-state index in [2.05, 4.69) is 22.6 Å². The van der Waals surface area contributed by atoms with Gasteiger partial charge < -0.3 is 14.2 Å². The molecule has 0 unspecified atom stereocenters. The van der Waals surface area contributed by atoms with E-state index in [9.17, 15) is 9.59 Å².